The van der Waals surface area contributed by atoms with Gasteiger partial charge in [0.2, 0.25) is 0 Å². The molecule has 0 aliphatic carbocycles. The first kappa shape index (κ1) is 36.0. The molecule has 0 aromatic heterocycles. The molecule has 0 heterocycles. The summed E-state index contributed by atoms with van der Waals surface area (Å²) in [6.07, 6.45) is 6.03. The zero-order valence-electron chi connectivity index (χ0n) is 26.0. The number of unbranched alkanes of at least 4 members (excludes halogenated alkanes) is 2. The molecule has 0 fully saturated rings. The Balaban J connectivity index is 3.12. The maximum absolute atomic E-state index is 12.5. The number of benzene rings is 1. The second-order valence-corrected chi connectivity index (χ2v) is 10.8. The highest BCUT2D eigenvalue weighted by Crippen LogP contribution is 2.34. The molecule has 0 amide bonds. The summed E-state index contributed by atoms with van der Waals surface area (Å²) in [5.41, 5.74) is 0.229. The molecule has 2 N–H and O–H groups in total. The molecule has 0 bridgehead atoms. The summed E-state index contributed by atoms with van der Waals surface area (Å²) >= 11 is 0. The summed E-state index contributed by atoms with van der Waals surface area (Å²) in [6.45, 7) is 16.7. The van der Waals surface area contributed by atoms with Crippen LogP contribution in [0.3, 0.4) is 0 Å². The van der Waals surface area contributed by atoms with Crippen LogP contribution in [0.4, 0.5) is 0 Å². The Labute approximate surface area is 241 Å². The first-order valence-corrected chi connectivity index (χ1v) is 15.2. The number of rotatable bonds is 22. The van der Waals surface area contributed by atoms with Crippen LogP contribution < -0.4 is 0 Å². The molecule has 0 radical (unpaired) electrons. The highest BCUT2D eigenvalue weighted by molar-refractivity contribution is 5.98. The molecule has 1 rings (SSSR count). The van der Waals surface area contributed by atoms with Crippen LogP contribution in [0.5, 0.6) is 0 Å². The molecule has 1 aromatic rings. The van der Waals surface area contributed by atoms with Crippen molar-refractivity contribution in [2.75, 3.05) is 13.2 Å². The van der Waals surface area contributed by atoms with E-state index in [0.717, 1.165) is 51.4 Å². The van der Waals surface area contributed by atoms with Gasteiger partial charge in [-0.3, -0.25) is 0 Å². The number of carbonyl (C=O) groups is 2. The molecule has 8 heteroatoms. The smallest absolute Gasteiger partial charge is 0.336 e. The highest BCUT2D eigenvalue weighted by atomic mass is 16.7. The van der Waals surface area contributed by atoms with E-state index in [1.54, 1.807) is 27.7 Å². The molecule has 40 heavy (non-hydrogen) atoms. The molecule has 230 valence electrons. The summed E-state index contributed by atoms with van der Waals surface area (Å²) < 4.78 is 24.0. The van der Waals surface area contributed by atoms with Crippen molar-refractivity contribution in [3.05, 3.63) is 34.4 Å². The lowest BCUT2D eigenvalue weighted by Crippen LogP contribution is -2.24. The highest BCUT2D eigenvalue weighted by Gasteiger charge is 2.30. The van der Waals surface area contributed by atoms with Gasteiger partial charge in [-0.1, -0.05) is 72.3 Å². The third-order valence-corrected chi connectivity index (χ3v) is 7.58. The average molecular weight is 567 g/mol. The van der Waals surface area contributed by atoms with Gasteiger partial charge in [0.05, 0.1) is 36.5 Å². The quantitative estimate of drug-likeness (QED) is 0.135. The Kier molecular flexibility index (Phi) is 17.3. The predicted molar refractivity (Wildman–Crippen MR) is 157 cm³/mol. The minimum atomic E-state index is -1.24. The molecule has 1 aromatic carbocycles. The maximum atomic E-state index is 12.5. The molecule has 0 saturated carbocycles. The molecule has 0 spiro atoms. The van der Waals surface area contributed by atoms with Crippen LogP contribution in [0.25, 0.3) is 0 Å². The summed E-state index contributed by atoms with van der Waals surface area (Å²) in [4.78, 5) is 24.7. The Morgan fingerprint density at radius 3 is 1.60 bits per heavy atom. The van der Waals surface area contributed by atoms with Gasteiger partial charge < -0.3 is 29.2 Å². The average Bonchev–Trinajstić information content (AvgIpc) is 2.92. The number of ether oxygens (including phenoxy) is 4. The lowest BCUT2D eigenvalue weighted by Gasteiger charge is -2.27. The number of hydrogen-bond donors (Lipinski definition) is 2. The van der Waals surface area contributed by atoms with Crippen LogP contribution in [0.15, 0.2) is 12.1 Å². The first-order chi connectivity index (χ1) is 19.0. The standard InChI is InChI=1S/C32H54O8/c1-9-13-15-25(11-3)19-37-23(7)39-21(5)27-17-18-28(31(33)34)29(30(27)32(35)36)22(6)40-24(8)38-20-26(12-4)16-14-10-2/h17-18,21-26H,9-16,19-20H2,1-8H3,(H,33,34)(H,35,36). The zero-order valence-corrected chi connectivity index (χ0v) is 26.0. The van der Waals surface area contributed by atoms with Gasteiger partial charge in [-0.2, -0.15) is 0 Å². The third-order valence-electron chi connectivity index (χ3n) is 7.58. The molecule has 6 unspecified atom stereocenters. The van der Waals surface area contributed by atoms with Gasteiger partial charge in [-0.05, 0) is 64.0 Å². The van der Waals surface area contributed by atoms with Gasteiger partial charge in [0.1, 0.15) is 0 Å². The number of carboxylic acid groups (broad SMARTS) is 2. The molecule has 0 aliphatic rings. The first-order valence-electron chi connectivity index (χ1n) is 15.2. The Morgan fingerprint density at radius 1 is 0.725 bits per heavy atom. The van der Waals surface area contributed by atoms with E-state index in [4.69, 9.17) is 18.9 Å². The van der Waals surface area contributed by atoms with Gasteiger partial charge in [0.25, 0.3) is 0 Å². The van der Waals surface area contributed by atoms with Crippen LogP contribution in [-0.2, 0) is 18.9 Å². The number of hydrogen-bond acceptors (Lipinski definition) is 6. The van der Waals surface area contributed by atoms with Crippen LogP contribution in [0.2, 0.25) is 0 Å². The van der Waals surface area contributed by atoms with Crippen LogP contribution >= 0.6 is 0 Å². The van der Waals surface area contributed by atoms with Crippen molar-refractivity contribution in [1.82, 2.24) is 0 Å². The summed E-state index contributed by atoms with van der Waals surface area (Å²) in [6, 6.07) is 2.93. The SMILES string of the molecule is CCCCC(CC)COC(C)OC(C)c1ccc(C(=O)O)c(C(C)OC(C)OCC(CC)CCCC)c1C(=O)O. The van der Waals surface area contributed by atoms with Crippen molar-refractivity contribution >= 4 is 11.9 Å². The topological polar surface area (TPSA) is 112 Å². The lowest BCUT2D eigenvalue weighted by atomic mass is 9.90. The van der Waals surface area contributed by atoms with E-state index in [1.807, 2.05) is 0 Å². The normalized spacial score (nSPS) is 16.2. The van der Waals surface area contributed by atoms with E-state index >= 15 is 0 Å². The van der Waals surface area contributed by atoms with Gasteiger partial charge in [-0.15, -0.1) is 0 Å². The van der Waals surface area contributed by atoms with E-state index in [1.165, 1.54) is 12.1 Å². The fourth-order valence-electron chi connectivity index (χ4n) is 4.96. The van der Waals surface area contributed by atoms with E-state index in [9.17, 15) is 19.8 Å². The second kappa shape index (κ2) is 19.2. The van der Waals surface area contributed by atoms with Crippen molar-refractivity contribution in [2.24, 2.45) is 11.8 Å². The van der Waals surface area contributed by atoms with Crippen LogP contribution in [0, 0.1) is 11.8 Å². The van der Waals surface area contributed by atoms with Gasteiger partial charge in [0.15, 0.2) is 12.6 Å². The van der Waals surface area contributed by atoms with E-state index in [2.05, 4.69) is 27.7 Å². The molecule has 6 atom stereocenters. The summed E-state index contributed by atoms with van der Waals surface area (Å²) in [7, 11) is 0. The molecular weight excluding hydrogens is 512 g/mol. The zero-order chi connectivity index (χ0) is 30.2. The molecule has 0 aliphatic heterocycles. The maximum Gasteiger partial charge on any atom is 0.336 e. The second-order valence-electron chi connectivity index (χ2n) is 10.8. The minimum absolute atomic E-state index is 0.0978. The summed E-state index contributed by atoms with van der Waals surface area (Å²) in [5, 5.41) is 20.1. The number of aromatic carboxylic acids is 2. The predicted octanol–water partition coefficient (Wildman–Crippen LogP) is 8.40. The van der Waals surface area contributed by atoms with Gasteiger partial charge >= 0.3 is 11.9 Å². The molecular formula is C32H54O8. The van der Waals surface area contributed by atoms with Crippen molar-refractivity contribution in [2.45, 2.75) is 132 Å². The van der Waals surface area contributed by atoms with Gasteiger partial charge in [0, 0.05) is 5.56 Å². The lowest BCUT2D eigenvalue weighted by molar-refractivity contribution is -0.166. The fourth-order valence-corrected chi connectivity index (χ4v) is 4.96. The van der Waals surface area contributed by atoms with E-state index < -0.39 is 36.7 Å². The largest absolute Gasteiger partial charge is 0.478 e. The third kappa shape index (κ3) is 11.9. The number of carboxylic acids is 2. The van der Waals surface area contributed by atoms with Gasteiger partial charge in [-0.25, -0.2) is 9.59 Å². The Morgan fingerprint density at radius 2 is 1.20 bits per heavy atom. The fraction of sp³-hybridized carbons (Fsp3) is 0.750. The minimum Gasteiger partial charge on any atom is -0.478 e. The van der Waals surface area contributed by atoms with Crippen molar-refractivity contribution in [3.63, 3.8) is 0 Å². The van der Waals surface area contributed by atoms with E-state index in [0.29, 0.717) is 30.6 Å². The van der Waals surface area contributed by atoms with E-state index in [-0.39, 0.29) is 16.7 Å². The molecule has 8 nitrogen and oxygen atoms in total. The van der Waals surface area contributed by atoms with Crippen LogP contribution in [0.1, 0.15) is 151 Å². The van der Waals surface area contributed by atoms with Crippen molar-refractivity contribution in [1.29, 1.82) is 0 Å². The van der Waals surface area contributed by atoms with Crippen molar-refractivity contribution < 1.29 is 38.7 Å². The summed E-state index contributed by atoms with van der Waals surface area (Å²) in [5.74, 6) is -1.60. The van der Waals surface area contributed by atoms with Crippen molar-refractivity contribution in [3.8, 4) is 0 Å². The van der Waals surface area contributed by atoms with Crippen LogP contribution in [-0.4, -0.2) is 47.9 Å². The Bertz CT molecular complexity index is 886. The Hall–Kier alpha value is -2.00. The molecule has 0 saturated heterocycles. The monoisotopic (exact) mass is 566 g/mol.